The SMILES string of the molecule is CCC1CCC(Nc2nc3ccc(C(=O)O)cc3o2)C1C. The van der Waals surface area contributed by atoms with E-state index in [0.29, 0.717) is 29.1 Å². The Hall–Kier alpha value is -2.04. The Kier molecular flexibility index (Phi) is 3.57. The fourth-order valence-electron chi connectivity index (χ4n) is 3.31. The second-order valence-corrected chi connectivity index (χ2v) is 5.86. The molecule has 1 aromatic heterocycles. The van der Waals surface area contributed by atoms with Crippen LogP contribution in [-0.4, -0.2) is 22.1 Å². The van der Waals surface area contributed by atoms with Gasteiger partial charge in [0.15, 0.2) is 5.58 Å². The van der Waals surface area contributed by atoms with Crippen LogP contribution < -0.4 is 5.32 Å². The molecule has 0 spiro atoms. The molecule has 5 heteroatoms. The summed E-state index contributed by atoms with van der Waals surface area (Å²) in [5.41, 5.74) is 1.40. The number of fused-ring (bicyclic) bond motifs is 1. The zero-order valence-electron chi connectivity index (χ0n) is 12.3. The van der Waals surface area contributed by atoms with Crippen molar-refractivity contribution in [1.82, 2.24) is 4.98 Å². The molecule has 0 aliphatic heterocycles. The summed E-state index contributed by atoms with van der Waals surface area (Å²) < 4.78 is 5.65. The molecule has 0 saturated heterocycles. The Morgan fingerprint density at radius 2 is 2.29 bits per heavy atom. The average molecular weight is 288 g/mol. The van der Waals surface area contributed by atoms with Crippen LogP contribution in [0, 0.1) is 11.8 Å². The van der Waals surface area contributed by atoms with Crippen LogP contribution in [0.3, 0.4) is 0 Å². The van der Waals surface area contributed by atoms with Crippen LogP contribution in [0.4, 0.5) is 6.01 Å². The lowest BCUT2D eigenvalue weighted by atomic mass is 9.94. The zero-order chi connectivity index (χ0) is 15.0. The van der Waals surface area contributed by atoms with Crippen LogP contribution >= 0.6 is 0 Å². The number of carboxylic acid groups (broad SMARTS) is 1. The van der Waals surface area contributed by atoms with E-state index < -0.39 is 5.97 Å². The molecule has 0 bridgehead atoms. The van der Waals surface area contributed by atoms with Crippen molar-refractivity contribution in [2.45, 2.75) is 39.2 Å². The third kappa shape index (κ3) is 2.60. The molecule has 0 radical (unpaired) electrons. The van der Waals surface area contributed by atoms with E-state index >= 15 is 0 Å². The fraction of sp³-hybridized carbons (Fsp3) is 0.500. The number of nitrogens with zero attached hydrogens (tertiary/aromatic N) is 1. The van der Waals surface area contributed by atoms with Gasteiger partial charge in [0.05, 0.1) is 5.56 Å². The highest BCUT2D eigenvalue weighted by Crippen LogP contribution is 2.35. The highest BCUT2D eigenvalue weighted by molar-refractivity contribution is 5.92. The predicted octanol–water partition coefficient (Wildman–Crippen LogP) is 3.76. The molecule has 1 aliphatic rings. The van der Waals surface area contributed by atoms with E-state index in [1.807, 2.05) is 0 Å². The molecule has 1 heterocycles. The Labute approximate surface area is 123 Å². The van der Waals surface area contributed by atoms with Gasteiger partial charge in [0.1, 0.15) is 5.52 Å². The number of anilines is 1. The van der Waals surface area contributed by atoms with E-state index in [4.69, 9.17) is 9.52 Å². The summed E-state index contributed by atoms with van der Waals surface area (Å²) in [6, 6.07) is 5.61. The maximum atomic E-state index is 11.0. The van der Waals surface area contributed by atoms with Crippen molar-refractivity contribution in [3.8, 4) is 0 Å². The minimum Gasteiger partial charge on any atom is -0.478 e. The number of aromatic carboxylic acids is 1. The van der Waals surface area contributed by atoms with Crippen LogP contribution in [0.25, 0.3) is 11.1 Å². The molecule has 3 atom stereocenters. The number of hydrogen-bond donors (Lipinski definition) is 2. The highest BCUT2D eigenvalue weighted by Gasteiger charge is 2.32. The molecule has 3 unspecified atom stereocenters. The highest BCUT2D eigenvalue weighted by atomic mass is 16.4. The van der Waals surface area contributed by atoms with Gasteiger partial charge in [0, 0.05) is 6.04 Å². The fourth-order valence-corrected chi connectivity index (χ4v) is 3.31. The molecule has 2 N–H and O–H groups in total. The topological polar surface area (TPSA) is 75.4 Å². The van der Waals surface area contributed by atoms with E-state index in [1.54, 1.807) is 12.1 Å². The number of oxazole rings is 1. The largest absolute Gasteiger partial charge is 0.478 e. The van der Waals surface area contributed by atoms with Crippen molar-refractivity contribution in [2.24, 2.45) is 11.8 Å². The molecule has 1 fully saturated rings. The van der Waals surface area contributed by atoms with Crippen LogP contribution in [0.1, 0.15) is 43.5 Å². The predicted molar refractivity (Wildman–Crippen MR) is 80.6 cm³/mol. The molecular weight excluding hydrogens is 268 g/mol. The standard InChI is InChI=1S/C16H20N2O3/c1-3-10-4-6-12(9(10)2)17-16-18-13-7-5-11(15(19)20)8-14(13)21-16/h5,7-10,12H,3-4,6H2,1-2H3,(H,17,18)(H,19,20). The molecule has 1 saturated carbocycles. The minimum absolute atomic E-state index is 0.213. The first-order chi connectivity index (χ1) is 10.1. The first kappa shape index (κ1) is 13.9. The number of hydrogen-bond acceptors (Lipinski definition) is 4. The van der Waals surface area contributed by atoms with Gasteiger partial charge in [0.2, 0.25) is 0 Å². The van der Waals surface area contributed by atoms with Gasteiger partial charge < -0.3 is 14.8 Å². The molecule has 112 valence electrons. The van der Waals surface area contributed by atoms with Crippen LogP contribution in [0.5, 0.6) is 0 Å². The lowest BCUT2D eigenvalue weighted by Gasteiger charge is -2.19. The number of carboxylic acids is 1. The summed E-state index contributed by atoms with van der Waals surface area (Å²) in [4.78, 5) is 15.4. The number of benzene rings is 1. The van der Waals surface area contributed by atoms with E-state index in [-0.39, 0.29) is 5.56 Å². The second kappa shape index (κ2) is 5.39. The maximum Gasteiger partial charge on any atom is 0.335 e. The molecule has 5 nitrogen and oxygen atoms in total. The number of rotatable bonds is 4. The minimum atomic E-state index is -0.960. The normalized spacial score (nSPS) is 25.3. The molecule has 21 heavy (non-hydrogen) atoms. The van der Waals surface area contributed by atoms with Crippen molar-refractivity contribution in [2.75, 3.05) is 5.32 Å². The van der Waals surface area contributed by atoms with E-state index in [2.05, 4.69) is 24.1 Å². The van der Waals surface area contributed by atoms with Gasteiger partial charge in [-0.3, -0.25) is 0 Å². The average Bonchev–Trinajstić information content (AvgIpc) is 3.02. The first-order valence-corrected chi connectivity index (χ1v) is 7.49. The van der Waals surface area contributed by atoms with Gasteiger partial charge in [-0.25, -0.2) is 4.79 Å². The molecule has 1 aromatic carbocycles. The molecule has 0 amide bonds. The van der Waals surface area contributed by atoms with Crippen molar-refractivity contribution >= 4 is 23.1 Å². The molecule has 1 aliphatic carbocycles. The van der Waals surface area contributed by atoms with Gasteiger partial charge in [-0.2, -0.15) is 4.98 Å². The Morgan fingerprint density at radius 3 is 2.95 bits per heavy atom. The summed E-state index contributed by atoms with van der Waals surface area (Å²) in [7, 11) is 0. The Morgan fingerprint density at radius 1 is 1.48 bits per heavy atom. The Bertz CT molecular complexity index is 665. The van der Waals surface area contributed by atoms with Crippen molar-refractivity contribution in [1.29, 1.82) is 0 Å². The van der Waals surface area contributed by atoms with Gasteiger partial charge in [-0.15, -0.1) is 0 Å². The summed E-state index contributed by atoms with van der Waals surface area (Å²) in [6.07, 6.45) is 3.56. The van der Waals surface area contributed by atoms with E-state index in [1.165, 1.54) is 18.9 Å². The number of aromatic nitrogens is 1. The lowest BCUT2D eigenvalue weighted by molar-refractivity contribution is 0.0697. The first-order valence-electron chi connectivity index (χ1n) is 7.49. The smallest absolute Gasteiger partial charge is 0.335 e. The van der Waals surface area contributed by atoms with Crippen molar-refractivity contribution < 1.29 is 14.3 Å². The summed E-state index contributed by atoms with van der Waals surface area (Å²) >= 11 is 0. The maximum absolute atomic E-state index is 11.0. The number of carbonyl (C=O) groups is 1. The van der Waals surface area contributed by atoms with Gasteiger partial charge in [-0.05, 0) is 42.9 Å². The second-order valence-electron chi connectivity index (χ2n) is 5.86. The lowest BCUT2D eigenvalue weighted by Crippen LogP contribution is -2.24. The zero-order valence-corrected chi connectivity index (χ0v) is 12.3. The molecular formula is C16H20N2O3. The molecule has 2 aromatic rings. The Balaban J connectivity index is 1.80. The third-order valence-corrected chi connectivity index (χ3v) is 4.70. The van der Waals surface area contributed by atoms with Gasteiger partial charge >= 0.3 is 5.97 Å². The molecule has 3 rings (SSSR count). The van der Waals surface area contributed by atoms with Crippen molar-refractivity contribution in [3.63, 3.8) is 0 Å². The van der Waals surface area contributed by atoms with Crippen LogP contribution in [0.15, 0.2) is 22.6 Å². The third-order valence-electron chi connectivity index (χ3n) is 4.70. The van der Waals surface area contributed by atoms with Gasteiger partial charge in [-0.1, -0.05) is 20.3 Å². The van der Waals surface area contributed by atoms with Gasteiger partial charge in [0.25, 0.3) is 6.01 Å². The van der Waals surface area contributed by atoms with Crippen LogP contribution in [-0.2, 0) is 0 Å². The monoisotopic (exact) mass is 288 g/mol. The van der Waals surface area contributed by atoms with E-state index in [0.717, 1.165) is 12.3 Å². The number of nitrogens with one attached hydrogen (secondary N) is 1. The summed E-state index contributed by atoms with van der Waals surface area (Å²) in [5, 5.41) is 12.4. The van der Waals surface area contributed by atoms with E-state index in [9.17, 15) is 4.79 Å². The summed E-state index contributed by atoms with van der Waals surface area (Å²) in [5.74, 6) is 0.392. The summed E-state index contributed by atoms with van der Waals surface area (Å²) in [6.45, 7) is 4.50. The van der Waals surface area contributed by atoms with Crippen LogP contribution in [0.2, 0.25) is 0 Å². The quantitative estimate of drug-likeness (QED) is 0.895. The van der Waals surface area contributed by atoms with Crippen molar-refractivity contribution in [3.05, 3.63) is 23.8 Å².